The van der Waals surface area contributed by atoms with E-state index >= 15 is 0 Å². The van der Waals surface area contributed by atoms with Gasteiger partial charge in [-0.25, -0.2) is 4.79 Å². The number of aromatic amines is 1. The molecule has 0 atom stereocenters. The van der Waals surface area contributed by atoms with E-state index in [4.69, 9.17) is 10.5 Å². The van der Waals surface area contributed by atoms with Crippen molar-refractivity contribution in [2.24, 2.45) is 5.73 Å². The highest BCUT2D eigenvalue weighted by atomic mass is 16.6. The summed E-state index contributed by atoms with van der Waals surface area (Å²) in [4.78, 5) is 28.2. The minimum absolute atomic E-state index is 0.183. The monoisotopic (exact) mass is 279 g/mol. The first-order chi connectivity index (χ1) is 9.30. The van der Waals surface area contributed by atoms with Crippen molar-refractivity contribution in [1.29, 1.82) is 0 Å². The minimum atomic E-state index is -0.520. The fourth-order valence-corrected chi connectivity index (χ4v) is 2.18. The SMILES string of the molecule is CC(C)(C)OC(=O)N1CCc2cc(CN)c(=O)[nH]c2C1. The van der Waals surface area contributed by atoms with Crippen molar-refractivity contribution in [2.75, 3.05) is 6.54 Å². The van der Waals surface area contributed by atoms with Crippen LogP contribution in [-0.2, 0) is 24.2 Å². The van der Waals surface area contributed by atoms with Crippen LogP contribution in [0.2, 0.25) is 0 Å². The lowest BCUT2D eigenvalue weighted by atomic mass is 10.0. The second-order valence-electron chi connectivity index (χ2n) is 5.98. The van der Waals surface area contributed by atoms with Crippen LogP contribution >= 0.6 is 0 Å². The number of H-pyrrole nitrogens is 1. The second kappa shape index (κ2) is 5.28. The highest BCUT2D eigenvalue weighted by Gasteiger charge is 2.26. The fourth-order valence-electron chi connectivity index (χ4n) is 2.18. The molecule has 110 valence electrons. The molecule has 0 saturated heterocycles. The lowest BCUT2D eigenvalue weighted by molar-refractivity contribution is 0.0220. The van der Waals surface area contributed by atoms with Gasteiger partial charge in [-0.1, -0.05) is 0 Å². The number of ether oxygens (including phenoxy) is 1. The highest BCUT2D eigenvalue weighted by Crippen LogP contribution is 2.19. The van der Waals surface area contributed by atoms with Gasteiger partial charge in [0.15, 0.2) is 0 Å². The van der Waals surface area contributed by atoms with E-state index in [2.05, 4.69) is 4.98 Å². The summed E-state index contributed by atoms with van der Waals surface area (Å²) < 4.78 is 5.34. The Morgan fingerprint density at radius 1 is 1.50 bits per heavy atom. The Kier molecular flexibility index (Phi) is 3.85. The first-order valence-electron chi connectivity index (χ1n) is 6.72. The Hall–Kier alpha value is -1.82. The highest BCUT2D eigenvalue weighted by molar-refractivity contribution is 5.68. The first-order valence-corrected chi connectivity index (χ1v) is 6.72. The van der Waals surface area contributed by atoms with Gasteiger partial charge < -0.3 is 20.4 Å². The molecule has 6 heteroatoms. The van der Waals surface area contributed by atoms with Crippen LogP contribution in [-0.4, -0.2) is 28.1 Å². The summed E-state index contributed by atoms with van der Waals surface area (Å²) in [6.45, 7) is 6.66. The van der Waals surface area contributed by atoms with Gasteiger partial charge in [0.05, 0.1) is 6.54 Å². The third-order valence-corrected chi connectivity index (χ3v) is 3.16. The molecular weight excluding hydrogens is 258 g/mol. The van der Waals surface area contributed by atoms with Gasteiger partial charge in [-0.15, -0.1) is 0 Å². The Morgan fingerprint density at radius 2 is 2.20 bits per heavy atom. The molecule has 1 amide bonds. The van der Waals surface area contributed by atoms with Crippen LogP contribution in [0.5, 0.6) is 0 Å². The van der Waals surface area contributed by atoms with Gasteiger partial charge in [0.2, 0.25) is 0 Å². The van der Waals surface area contributed by atoms with Crippen LogP contribution in [0.15, 0.2) is 10.9 Å². The van der Waals surface area contributed by atoms with Crippen molar-refractivity contribution in [3.05, 3.63) is 33.2 Å². The average Bonchev–Trinajstić information content (AvgIpc) is 2.35. The van der Waals surface area contributed by atoms with Gasteiger partial charge in [0, 0.05) is 24.3 Å². The van der Waals surface area contributed by atoms with Crippen LogP contribution in [0.1, 0.15) is 37.6 Å². The molecule has 3 N–H and O–H groups in total. The lowest BCUT2D eigenvalue weighted by Crippen LogP contribution is -2.41. The summed E-state index contributed by atoms with van der Waals surface area (Å²) in [6, 6.07) is 1.83. The van der Waals surface area contributed by atoms with Gasteiger partial charge in [-0.05, 0) is 38.8 Å². The van der Waals surface area contributed by atoms with E-state index in [-0.39, 0.29) is 18.2 Å². The van der Waals surface area contributed by atoms with Crippen molar-refractivity contribution >= 4 is 6.09 Å². The molecule has 1 aromatic heterocycles. The number of nitrogens with zero attached hydrogens (tertiary/aromatic N) is 1. The molecular formula is C14H21N3O3. The molecule has 20 heavy (non-hydrogen) atoms. The zero-order chi connectivity index (χ0) is 14.9. The molecule has 0 radical (unpaired) electrons. The topological polar surface area (TPSA) is 88.4 Å². The van der Waals surface area contributed by atoms with Gasteiger partial charge in [-0.2, -0.15) is 0 Å². The molecule has 1 aliphatic rings. The number of hydrogen-bond donors (Lipinski definition) is 2. The Bertz CT molecular complexity index is 572. The second-order valence-corrected chi connectivity index (χ2v) is 5.98. The Labute approximate surface area is 117 Å². The molecule has 0 aromatic carbocycles. The molecule has 0 aliphatic carbocycles. The number of nitrogens with one attached hydrogen (secondary N) is 1. The van der Waals surface area contributed by atoms with Crippen molar-refractivity contribution in [2.45, 2.75) is 45.9 Å². The smallest absolute Gasteiger partial charge is 0.410 e. The number of fused-ring (bicyclic) bond motifs is 1. The Balaban J connectivity index is 2.17. The molecule has 1 aliphatic heterocycles. The number of hydrogen-bond acceptors (Lipinski definition) is 4. The van der Waals surface area contributed by atoms with Crippen LogP contribution in [0.4, 0.5) is 4.79 Å². The van der Waals surface area contributed by atoms with E-state index < -0.39 is 5.60 Å². The summed E-state index contributed by atoms with van der Waals surface area (Å²) in [5.41, 5.74) is 7.21. The molecule has 0 spiro atoms. The van der Waals surface area contributed by atoms with E-state index in [0.717, 1.165) is 11.3 Å². The number of amides is 1. The standard InChI is InChI=1S/C14H21N3O3/c1-14(2,3)20-13(19)17-5-4-9-6-10(7-15)12(18)16-11(9)8-17/h6H,4-5,7-8,15H2,1-3H3,(H,16,18). The molecule has 2 heterocycles. The summed E-state index contributed by atoms with van der Waals surface area (Å²) in [7, 11) is 0. The maximum absolute atomic E-state index is 12.0. The van der Waals surface area contributed by atoms with Crippen molar-refractivity contribution < 1.29 is 9.53 Å². The predicted octanol–water partition coefficient (Wildman–Crippen LogP) is 1.13. The predicted molar refractivity (Wildman–Crippen MR) is 75.3 cm³/mol. The number of carbonyl (C=O) groups is 1. The zero-order valence-electron chi connectivity index (χ0n) is 12.2. The maximum atomic E-state index is 12.0. The number of nitrogens with two attached hydrogens (primary N) is 1. The van der Waals surface area contributed by atoms with Crippen LogP contribution in [0.25, 0.3) is 0 Å². The summed E-state index contributed by atoms with van der Waals surface area (Å²) in [5.74, 6) is 0. The minimum Gasteiger partial charge on any atom is -0.444 e. The van der Waals surface area contributed by atoms with Gasteiger partial charge in [0.1, 0.15) is 5.60 Å². The number of aromatic nitrogens is 1. The van der Waals surface area contributed by atoms with Crippen molar-refractivity contribution in [1.82, 2.24) is 9.88 Å². The molecule has 6 nitrogen and oxygen atoms in total. The molecule has 1 aromatic rings. The summed E-state index contributed by atoms with van der Waals surface area (Å²) in [6.07, 6.45) is 0.338. The summed E-state index contributed by atoms with van der Waals surface area (Å²) >= 11 is 0. The van der Waals surface area contributed by atoms with E-state index in [9.17, 15) is 9.59 Å². The third kappa shape index (κ3) is 3.19. The summed E-state index contributed by atoms with van der Waals surface area (Å²) in [5, 5.41) is 0. The number of pyridine rings is 1. The third-order valence-electron chi connectivity index (χ3n) is 3.16. The van der Waals surface area contributed by atoms with E-state index in [1.807, 2.05) is 26.8 Å². The van der Waals surface area contributed by atoms with E-state index in [1.165, 1.54) is 0 Å². The molecule has 0 fully saturated rings. The van der Waals surface area contributed by atoms with Gasteiger partial charge in [0.25, 0.3) is 5.56 Å². The fraction of sp³-hybridized carbons (Fsp3) is 0.571. The molecule has 0 saturated carbocycles. The van der Waals surface area contributed by atoms with Crippen LogP contribution in [0.3, 0.4) is 0 Å². The molecule has 0 unspecified atom stereocenters. The van der Waals surface area contributed by atoms with Crippen molar-refractivity contribution in [3.63, 3.8) is 0 Å². The van der Waals surface area contributed by atoms with E-state index in [0.29, 0.717) is 25.1 Å². The largest absolute Gasteiger partial charge is 0.444 e. The maximum Gasteiger partial charge on any atom is 0.410 e. The Morgan fingerprint density at radius 3 is 2.80 bits per heavy atom. The lowest BCUT2D eigenvalue weighted by Gasteiger charge is -2.31. The first kappa shape index (κ1) is 14.6. The molecule has 2 rings (SSSR count). The van der Waals surface area contributed by atoms with Crippen molar-refractivity contribution in [3.8, 4) is 0 Å². The van der Waals surface area contributed by atoms with Crippen LogP contribution in [0, 0.1) is 0 Å². The normalized spacial score (nSPS) is 14.9. The number of rotatable bonds is 1. The number of carbonyl (C=O) groups excluding carboxylic acids is 1. The quantitative estimate of drug-likeness (QED) is 0.806. The average molecular weight is 279 g/mol. The molecule has 0 bridgehead atoms. The van der Waals surface area contributed by atoms with Gasteiger partial charge in [-0.3, -0.25) is 4.79 Å². The van der Waals surface area contributed by atoms with E-state index in [1.54, 1.807) is 4.90 Å². The van der Waals surface area contributed by atoms with Gasteiger partial charge >= 0.3 is 6.09 Å². The van der Waals surface area contributed by atoms with Crippen LogP contribution < -0.4 is 11.3 Å². The zero-order valence-corrected chi connectivity index (χ0v) is 12.2.